The number of alkyl halides is 3. The Morgan fingerprint density at radius 3 is 2.45 bits per heavy atom. The molecule has 8 nitrogen and oxygen atoms in total. The second kappa shape index (κ2) is 13.6. The lowest BCUT2D eigenvalue weighted by Gasteiger charge is -2.47. The molecule has 230 valence electrons. The van der Waals surface area contributed by atoms with Gasteiger partial charge < -0.3 is 19.3 Å². The summed E-state index contributed by atoms with van der Waals surface area (Å²) >= 11 is 0. The van der Waals surface area contributed by atoms with Gasteiger partial charge in [-0.3, -0.25) is 15.1 Å². The normalized spacial score (nSPS) is 25.9. The van der Waals surface area contributed by atoms with Gasteiger partial charge in [-0.1, -0.05) is 18.2 Å². The number of methoxy groups -OCH3 is 2. The van der Waals surface area contributed by atoms with Crippen LogP contribution >= 0.6 is 0 Å². The molecule has 2 N–H and O–H groups in total. The molecule has 3 heterocycles. The van der Waals surface area contributed by atoms with E-state index >= 15 is 0 Å². The molecule has 4 atom stereocenters. The summed E-state index contributed by atoms with van der Waals surface area (Å²) < 4.78 is 50.0. The second-order valence-electron chi connectivity index (χ2n) is 11.6. The lowest BCUT2D eigenvalue weighted by Crippen LogP contribution is -2.57. The van der Waals surface area contributed by atoms with Crippen molar-refractivity contribution in [2.75, 3.05) is 71.5 Å². The van der Waals surface area contributed by atoms with Crippen molar-refractivity contribution in [2.24, 2.45) is 11.8 Å². The number of hydrogen-bond donors (Lipinski definition) is 2. The zero-order chi connectivity index (χ0) is 29.7. The molecule has 3 fully saturated rings. The zero-order valence-electron chi connectivity index (χ0n) is 24.4. The van der Waals surface area contributed by atoms with Gasteiger partial charge in [-0.25, -0.2) is 5.43 Å². The molecule has 42 heavy (non-hydrogen) atoms. The van der Waals surface area contributed by atoms with E-state index in [2.05, 4.69) is 32.8 Å². The Hall–Kier alpha value is -2.86. The lowest BCUT2D eigenvalue weighted by atomic mass is 9.85. The monoisotopic (exact) mass is 589 g/mol. The van der Waals surface area contributed by atoms with Gasteiger partial charge in [0.2, 0.25) is 0 Å². The third kappa shape index (κ3) is 7.37. The van der Waals surface area contributed by atoms with E-state index in [4.69, 9.17) is 9.47 Å². The van der Waals surface area contributed by atoms with Crippen molar-refractivity contribution in [1.29, 1.82) is 0 Å². The maximum Gasteiger partial charge on any atom is 0.416 e. The van der Waals surface area contributed by atoms with Crippen LogP contribution in [0.4, 0.5) is 18.9 Å². The molecule has 0 saturated carbocycles. The first-order chi connectivity index (χ1) is 20.2. The number of carbonyl (C=O) groups is 1. The average molecular weight is 590 g/mol. The largest absolute Gasteiger partial charge is 0.497 e. The minimum atomic E-state index is -4.35. The maximum absolute atomic E-state index is 13.3. The van der Waals surface area contributed by atoms with Gasteiger partial charge in [0.1, 0.15) is 5.75 Å². The fourth-order valence-electron chi connectivity index (χ4n) is 6.83. The summed E-state index contributed by atoms with van der Waals surface area (Å²) in [6.45, 7) is 6.61. The van der Waals surface area contributed by atoms with Crippen molar-refractivity contribution < 1.29 is 27.4 Å². The van der Waals surface area contributed by atoms with Gasteiger partial charge in [-0.15, -0.1) is 0 Å². The molecule has 0 radical (unpaired) electrons. The molecular weight excluding hydrogens is 547 g/mol. The second-order valence-corrected chi connectivity index (χ2v) is 11.6. The molecule has 11 heteroatoms. The number of piperazine rings is 1. The summed E-state index contributed by atoms with van der Waals surface area (Å²) in [5.74, 6) is 1.35. The summed E-state index contributed by atoms with van der Waals surface area (Å²) in [6.07, 6.45) is -2.21. The van der Waals surface area contributed by atoms with Crippen LogP contribution in [0.2, 0.25) is 0 Å². The van der Waals surface area contributed by atoms with E-state index in [0.717, 1.165) is 63.9 Å². The molecule has 5 rings (SSSR count). The molecule has 2 aromatic rings. The number of benzene rings is 2. The number of nitrogens with zero attached hydrogens (tertiary/aromatic N) is 3. The number of hydrogen-bond acceptors (Lipinski definition) is 8. The molecule has 2 aromatic carbocycles. The van der Waals surface area contributed by atoms with E-state index in [0.29, 0.717) is 43.1 Å². The minimum Gasteiger partial charge on any atom is -0.497 e. The third-order valence-electron chi connectivity index (χ3n) is 9.11. The van der Waals surface area contributed by atoms with Crippen molar-refractivity contribution in [3.8, 4) is 5.75 Å². The van der Waals surface area contributed by atoms with Gasteiger partial charge in [0.25, 0.3) is 0 Å². The number of hydrazine groups is 1. The highest BCUT2D eigenvalue weighted by Crippen LogP contribution is 2.34. The van der Waals surface area contributed by atoms with E-state index < -0.39 is 11.7 Å². The SMILES string of the molecule is COC(=O)CC[C@@H]1CN(CC2CNNC2c2ccc(OC)cc2)CC[C@@H]1N1CCN(c2cccc(C(F)(F)F)c2)CC1. The Balaban J connectivity index is 1.21. The number of carbonyl (C=O) groups excluding carboxylic acids is 1. The molecule has 2 unspecified atom stereocenters. The molecule has 3 saturated heterocycles. The predicted octanol–water partition coefficient (Wildman–Crippen LogP) is 3.95. The smallest absolute Gasteiger partial charge is 0.416 e. The molecule has 0 amide bonds. The Morgan fingerprint density at radius 1 is 1.00 bits per heavy atom. The highest BCUT2D eigenvalue weighted by atomic mass is 19.4. The van der Waals surface area contributed by atoms with Crippen LogP contribution in [0.3, 0.4) is 0 Å². The van der Waals surface area contributed by atoms with Crippen LogP contribution in [0.1, 0.15) is 36.4 Å². The van der Waals surface area contributed by atoms with Crippen LogP contribution in [0.5, 0.6) is 5.75 Å². The molecule has 3 aliphatic rings. The quantitative estimate of drug-likeness (QED) is 0.427. The third-order valence-corrected chi connectivity index (χ3v) is 9.11. The van der Waals surface area contributed by atoms with Crippen LogP contribution < -0.4 is 20.5 Å². The fraction of sp³-hybridized carbons (Fsp3) is 0.581. The number of ether oxygens (including phenoxy) is 2. The summed E-state index contributed by atoms with van der Waals surface area (Å²) in [6, 6.07) is 14.3. The molecule has 0 aliphatic carbocycles. The number of anilines is 1. The first kappa shape index (κ1) is 30.6. The fourth-order valence-corrected chi connectivity index (χ4v) is 6.83. The molecule has 3 aliphatic heterocycles. The number of likely N-dealkylation sites (tertiary alicyclic amines) is 1. The maximum atomic E-state index is 13.3. The van der Waals surface area contributed by atoms with E-state index in [-0.39, 0.29) is 12.0 Å². The van der Waals surface area contributed by atoms with E-state index in [1.807, 2.05) is 17.0 Å². The summed E-state index contributed by atoms with van der Waals surface area (Å²) in [4.78, 5) is 19.1. The average Bonchev–Trinajstić information content (AvgIpc) is 3.47. The number of halogens is 3. The highest BCUT2D eigenvalue weighted by molar-refractivity contribution is 5.69. The minimum absolute atomic E-state index is 0.191. The van der Waals surface area contributed by atoms with E-state index in [1.165, 1.54) is 24.8 Å². The summed E-state index contributed by atoms with van der Waals surface area (Å²) in [7, 11) is 3.10. The van der Waals surface area contributed by atoms with Gasteiger partial charge in [0, 0.05) is 69.9 Å². The first-order valence-corrected chi connectivity index (χ1v) is 14.8. The molecular formula is C31H42F3N5O3. The Kier molecular flexibility index (Phi) is 9.92. The van der Waals surface area contributed by atoms with Crippen molar-refractivity contribution in [3.05, 3.63) is 59.7 Å². The van der Waals surface area contributed by atoms with Gasteiger partial charge in [-0.2, -0.15) is 13.2 Å². The van der Waals surface area contributed by atoms with Gasteiger partial charge >= 0.3 is 12.1 Å². The van der Waals surface area contributed by atoms with Gasteiger partial charge in [-0.05, 0) is 61.2 Å². The zero-order valence-corrected chi connectivity index (χ0v) is 24.4. The van der Waals surface area contributed by atoms with Gasteiger partial charge in [0.15, 0.2) is 0 Å². The van der Waals surface area contributed by atoms with Crippen molar-refractivity contribution in [2.45, 2.75) is 37.5 Å². The summed E-state index contributed by atoms with van der Waals surface area (Å²) in [5.41, 5.74) is 8.02. The standard InChI is InChI=1S/C31H42F3N5O3/c1-41-27-9-6-22(7-10-27)30-24(19-35-36-30)21-37-13-12-28(23(20-37)8-11-29(40)42-2)39-16-14-38(15-17-39)26-5-3-4-25(18-26)31(32,33)34/h3-7,9-10,18,23-24,28,30,35-36H,8,11-17,19-21H2,1-2H3/t23-,24?,28+,30?/m1/s1. The van der Waals surface area contributed by atoms with Crippen LogP contribution in [-0.4, -0.2) is 88.4 Å². The Labute approximate surface area is 246 Å². The topological polar surface area (TPSA) is 69.3 Å². The highest BCUT2D eigenvalue weighted by Gasteiger charge is 2.38. The van der Waals surface area contributed by atoms with E-state index in [9.17, 15) is 18.0 Å². The van der Waals surface area contributed by atoms with Crippen molar-refractivity contribution in [3.63, 3.8) is 0 Å². The summed E-state index contributed by atoms with van der Waals surface area (Å²) in [5, 5.41) is 0. The van der Waals surface area contributed by atoms with Crippen molar-refractivity contribution in [1.82, 2.24) is 20.7 Å². The Bertz CT molecular complexity index is 1170. The predicted molar refractivity (Wildman–Crippen MR) is 155 cm³/mol. The van der Waals surface area contributed by atoms with Crippen LogP contribution in [0.15, 0.2) is 48.5 Å². The molecule has 0 bridgehead atoms. The number of rotatable bonds is 9. The number of piperidine rings is 1. The van der Waals surface area contributed by atoms with Crippen LogP contribution in [-0.2, 0) is 15.7 Å². The number of esters is 1. The first-order valence-electron chi connectivity index (χ1n) is 14.8. The van der Waals surface area contributed by atoms with Crippen molar-refractivity contribution >= 4 is 11.7 Å². The van der Waals surface area contributed by atoms with E-state index in [1.54, 1.807) is 13.2 Å². The van der Waals surface area contributed by atoms with Crippen LogP contribution in [0.25, 0.3) is 0 Å². The van der Waals surface area contributed by atoms with Gasteiger partial charge in [0.05, 0.1) is 25.8 Å². The molecule has 0 aromatic heterocycles. The molecule has 0 spiro atoms. The van der Waals surface area contributed by atoms with Crippen LogP contribution in [0, 0.1) is 11.8 Å². The lowest BCUT2D eigenvalue weighted by molar-refractivity contribution is -0.141. The number of nitrogens with one attached hydrogen (secondary N) is 2. The Morgan fingerprint density at radius 2 is 1.76 bits per heavy atom.